The first-order valence-electron chi connectivity index (χ1n) is 2.50. The van der Waals surface area contributed by atoms with Gasteiger partial charge in [-0.15, -0.1) is 0 Å². The van der Waals surface area contributed by atoms with E-state index >= 15 is 0 Å². The van der Waals surface area contributed by atoms with Crippen LogP contribution in [-0.2, 0) is 0 Å². The van der Waals surface area contributed by atoms with E-state index in [1.807, 2.05) is 0 Å². The largest absolute Gasteiger partial charge is 0.269 e. The maximum Gasteiger partial charge on any atom is 0.269 e. The molecule has 10 heavy (non-hydrogen) atoms. The van der Waals surface area contributed by atoms with Gasteiger partial charge in [-0.3, -0.25) is 10.1 Å². The zero-order valence-corrected chi connectivity index (χ0v) is 8.77. The van der Waals surface area contributed by atoms with Gasteiger partial charge in [0.2, 0.25) is 0 Å². The molecule has 0 aliphatic heterocycles. The molecule has 0 aliphatic rings. The van der Waals surface area contributed by atoms with Crippen LogP contribution in [0.5, 0.6) is 0 Å². The Morgan fingerprint density at radius 2 is 1.70 bits per heavy atom. The first-order chi connectivity index (χ1) is 4.30. The van der Waals surface area contributed by atoms with Crippen LogP contribution in [-0.4, -0.2) is 56.3 Å². The number of hydrogen-bond acceptors (Lipinski definition) is 2. The van der Waals surface area contributed by atoms with E-state index in [1.54, 1.807) is 18.2 Å². The fourth-order valence-corrected chi connectivity index (χ4v) is 0.550. The number of nitrogens with zero attached hydrogens (tertiary/aromatic N) is 1. The molecule has 4 heteroatoms. The summed E-state index contributed by atoms with van der Waals surface area (Å²) < 4.78 is 0. The van der Waals surface area contributed by atoms with E-state index in [2.05, 4.69) is 0 Å². The second-order valence-electron chi connectivity index (χ2n) is 1.59. The van der Waals surface area contributed by atoms with Gasteiger partial charge in [-0.25, -0.2) is 0 Å². The number of para-hydroxylation sites is 1. The van der Waals surface area contributed by atoms with Crippen LogP contribution in [0.15, 0.2) is 30.3 Å². The molecule has 0 aliphatic carbocycles. The first kappa shape index (κ1) is 10.3. The smallest absolute Gasteiger partial charge is 0.258 e. The summed E-state index contributed by atoms with van der Waals surface area (Å²) in [6.07, 6.45) is 0. The van der Waals surface area contributed by atoms with Crippen molar-refractivity contribution < 1.29 is 4.92 Å². The van der Waals surface area contributed by atoms with Crippen LogP contribution in [0.3, 0.4) is 0 Å². The molecule has 0 spiro atoms. The first-order valence-corrected chi connectivity index (χ1v) is 2.50. The molecule has 47 valence electrons. The Labute approximate surface area is 101 Å². The molecule has 0 aromatic heterocycles. The molecule has 1 aromatic rings. The summed E-state index contributed by atoms with van der Waals surface area (Å²) in [5.41, 5.74) is 0.137. The number of benzene rings is 1. The standard InChI is InChI=1S/C6H5NO2.K/c8-7(9)6-4-2-1-3-5-6;/h1-5H;. The number of rotatable bonds is 1. The van der Waals surface area contributed by atoms with Gasteiger partial charge in [0.15, 0.2) is 0 Å². The van der Waals surface area contributed by atoms with Crippen LogP contribution in [0.25, 0.3) is 0 Å². The zero-order chi connectivity index (χ0) is 6.69. The summed E-state index contributed by atoms with van der Waals surface area (Å²) in [5, 5.41) is 10.0. The topological polar surface area (TPSA) is 43.1 Å². The van der Waals surface area contributed by atoms with Crippen molar-refractivity contribution in [1.82, 2.24) is 0 Å². The number of non-ortho nitro benzene ring substituents is 1. The Bertz CT molecular complexity index is 212. The molecule has 0 bridgehead atoms. The number of nitro groups is 1. The molecular formula is C6H5KNO2. The third-order valence-electron chi connectivity index (χ3n) is 0.967. The van der Waals surface area contributed by atoms with E-state index in [4.69, 9.17) is 0 Å². The van der Waals surface area contributed by atoms with Gasteiger partial charge in [-0.1, -0.05) is 18.2 Å². The van der Waals surface area contributed by atoms with Gasteiger partial charge in [0.1, 0.15) is 0 Å². The Morgan fingerprint density at radius 3 is 2.00 bits per heavy atom. The van der Waals surface area contributed by atoms with E-state index in [1.165, 1.54) is 12.1 Å². The van der Waals surface area contributed by atoms with Crippen LogP contribution < -0.4 is 0 Å². The SMILES string of the molecule is O=[N+]([O-])c1ccccc1.[K]. The molecule has 1 radical (unpaired) electrons. The third kappa shape index (κ3) is 2.89. The average Bonchev–Trinajstić information content (AvgIpc) is 1.90. The van der Waals surface area contributed by atoms with E-state index in [0.717, 1.165) is 0 Å². The molecule has 0 heterocycles. The monoisotopic (exact) mass is 162 g/mol. The van der Waals surface area contributed by atoms with Crippen molar-refractivity contribution >= 4 is 57.1 Å². The molecule has 3 nitrogen and oxygen atoms in total. The van der Waals surface area contributed by atoms with Crippen molar-refractivity contribution in [3.8, 4) is 0 Å². The van der Waals surface area contributed by atoms with Crippen LogP contribution in [0, 0.1) is 10.1 Å². The summed E-state index contributed by atoms with van der Waals surface area (Å²) in [6.45, 7) is 0. The minimum atomic E-state index is -0.417. The van der Waals surface area contributed by atoms with Crippen molar-refractivity contribution in [3.63, 3.8) is 0 Å². The number of hydrogen-bond donors (Lipinski definition) is 0. The predicted molar refractivity (Wildman–Crippen MR) is 38.9 cm³/mol. The Balaban J connectivity index is 0.000000810. The molecule has 0 unspecified atom stereocenters. The molecule has 1 aromatic carbocycles. The zero-order valence-electron chi connectivity index (χ0n) is 5.65. The van der Waals surface area contributed by atoms with Gasteiger partial charge in [-0.05, 0) is 0 Å². The molecule has 0 N–H and O–H groups in total. The van der Waals surface area contributed by atoms with Crippen molar-refractivity contribution in [3.05, 3.63) is 40.4 Å². The molecule has 0 saturated carbocycles. The van der Waals surface area contributed by atoms with Gasteiger partial charge in [-0.2, -0.15) is 0 Å². The van der Waals surface area contributed by atoms with Crippen LogP contribution in [0.4, 0.5) is 5.69 Å². The van der Waals surface area contributed by atoms with Crippen molar-refractivity contribution in [2.24, 2.45) is 0 Å². The number of nitro benzene ring substituents is 1. The molecule has 1 rings (SSSR count). The van der Waals surface area contributed by atoms with Crippen molar-refractivity contribution in [1.29, 1.82) is 0 Å². The van der Waals surface area contributed by atoms with Gasteiger partial charge in [0.25, 0.3) is 5.69 Å². The molecule has 0 fully saturated rings. The fraction of sp³-hybridized carbons (Fsp3) is 0. The summed E-state index contributed by atoms with van der Waals surface area (Å²) >= 11 is 0. The normalized spacial score (nSPS) is 8.00. The van der Waals surface area contributed by atoms with E-state index in [0.29, 0.717) is 0 Å². The quantitative estimate of drug-likeness (QED) is 0.354. The minimum Gasteiger partial charge on any atom is -0.258 e. The Kier molecular flexibility index (Phi) is 5.11. The maximum atomic E-state index is 10.0. The fourth-order valence-electron chi connectivity index (χ4n) is 0.550. The van der Waals surface area contributed by atoms with Crippen molar-refractivity contribution in [2.45, 2.75) is 0 Å². The predicted octanol–water partition coefficient (Wildman–Crippen LogP) is 1.21. The summed E-state index contributed by atoms with van der Waals surface area (Å²) in [6, 6.07) is 7.93. The van der Waals surface area contributed by atoms with E-state index in [-0.39, 0.29) is 57.1 Å². The third-order valence-corrected chi connectivity index (χ3v) is 0.967. The molecule has 0 atom stereocenters. The van der Waals surface area contributed by atoms with Crippen molar-refractivity contribution in [2.75, 3.05) is 0 Å². The van der Waals surface area contributed by atoms with Crippen LogP contribution >= 0.6 is 0 Å². The summed E-state index contributed by atoms with van der Waals surface area (Å²) in [5.74, 6) is 0. The maximum absolute atomic E-state index is 10.0. The second kappa shape index (κ2) is 4.98. The summed E-state index contributed by atoms with van der Waals surface area (Å²) in [4.78, 5) is 9.59. The summed E-state index contributed by atoms with van der Waals surface area (Å²) in [7, 11) is 0. The molecule has 0 saturated heterocycles. The molecule has 0 amide bonds. The molecular weight excluding hydrogens is 157 g/mol. The Morgan fingerprint density at radius 1 is 1.20 bits per heavy atom. The minimum absolute atomic E-state index is 0. The van der Waals surface area contributed by atoms with Crippen LogP contribution in [0.1, 0.15) is 0 Å². The average molecular weight is 162 g/mol. The van der Waals surface area contributed by atoms with Gasteiger partial charge in [0, 0.05) is 63.5 Å². The Hall–Kier alpha value is 0.256. The van der Waals surface area contributed by atoms with Gasteiger partial charge in [0.05, 0.1) is 4.92 Å². The van der Waals surface area contributed by atoms with Gasteiger partial charge >= 0.3 is 0 Å². The van der Waals surface area contributed by atoms with Crippen LogP contribution in [0.2, 0.25) is 0 Å². The van der Waals surface area contributed by atoms with E-state index in [9.17, 15) is 10.1 Å². The second-order valence-corrected chi connectivity index (χ2v) is 1.59. The van der Waals surface area contributed by atoms with Gasteiger partial charge < -0.3 is 0 Å². The van der Waals surface area contributed by atoms with E-state index < -0.39 is 4.92 Å².